The molecule has 0 saturated carbocycles. The lowest BCUT2D eigenvalue weighted by molar-refractivity contribution is 0.0404. The van der Waals surface area contributed by atoms with Gasteiger partial charge in [-0.3, -0.25) is 14.3 Å². The molecule has 0 bridgehead atoms. The molecule has 11 heteroatoms. The maximum atomic E-state index is 12.7. The summed E-state index contributed by atoms with van der Waals surface area (Å²) in [6.07, 6.45) is 0.737. The molecular weight excluding hydrogens is 440 g/mol. The molecular formula is C23H30N6O5. The first kappa shape index (κ1) is 23.6. The standard InChI is InChI=1S/C23H30N6O5/c1-4-13-34-15-17(30)14-29-19-20(26(2)23(32)25-21(19)31)24-22(29)28-11-9-27(10-12-28)16-5-7-18(33-3)8-6-16/h4-8,17,30H,1,9-15H2,2-3H3,(H,25,31,32)/t17-/m0/s1. The molecule has 1 saturated heterocycles. The number of nitrogens with one attached hydrogen (secondary N) is 1. The van der Waals surface area contributed by atoms with Gasteiger partial charge < -0.3 is 28.9 Å². The molecule has 0 spiro atoms. The molecule has 1 aromatic carbocycles. The summed E-state index contributed by atoms with van der Waals surface area (Å²) in [4.78, 5) is 36.2. The fourth-order valence-electron chi connectivity index (χ4n) is 4.15. The largest absolute Gasteiger partial charge is 0.497 e. The summed E-state index contributed by atoms with van der Waals surface area (Å²) in [5.74, 6) is 1.35. The summed E-state index contributed by atoms with van der Waals surface area (Å²) in [6, 6.07) is 7.92. The van der Waals surface area contributed by atoms with Crippen LogP contribution in [-0.4, -0.2) is 76.8 Å². The third-order valence-electron chi connectivity index (χ3n) is 5.93. The minimum absolute atomic E-state index is 0.0834. The van der Waals surface area contributed by atoms with Crippen LogP contribution in [0.15, 0.2) is 46.5 Å². The molecule has 3 heterocycles. The fourth-order valence-corrected chi connectivity index (χ4v) is 4.15. The predicted octanol–water partition coefficient (Wildman–Crippen LogP) is 0.322. The third kappa shape index (κ3) is 4.70. The topological polar surface area (TPSA) is 118 Å². The normalized spacial score (nSPS) is 15.0. The molecule has 0 radical (unpaired) electrons. The van der Waals surface area contributed by atoms with E-state index in [1.165, 1.54) is 4.57 Å². The van der Waals surface area contributed by atoms with Crippen molar-refractivity contribution in [3.8, 4) is 5.75 Å². The van der Waals surface area contributed by atoms with E-state index in [4.69, 9.17) is 9.47 Å². The molecule has 2 N–H and O–H groups in total. The lowest BCUT2D eigenvalue weighted by Crippen LogP contribution is -2.47. The highest BCUT2D eigenvalue weighted by molar-refractivity contribution is 5.74. The van der Waals surface area contributed by atoms with Crippen molar-refractivity contribution in [2.45, 2.75) is 12.6 Å². The molecule has 0 aliphatic carbocycles. The summed E-state index contributed by atoms with van der Waals surface area (Å²) < 4.78 is 13.6. The van der Waals surface area contributed by atoms with Gasteiger partial charge in [-0.1, -0.05) is 6.08 Å². The molecule has 2 aromatic heterocycles. The number of H-pyrrole nitrogens is 1. The van der Waals surface area contributed by atoms with Gasteiger partial charge in [-0.2, -0.15) is 4.98 Å². The fraction of sp³-hybridized carbons (Fsp3) is 0.435. The summed E-state index contributed by atoms with van der Waals surface area (Å²) in [7, 11) is 3.20. The van der Waals surface area contributed by atoms with Gasteiger partial charge in [0.1, 0.15) is 5.75 Å². The minimum Gasteiger partial charge on any atom is -0.497 e. The number of hydrogen-bond donors (Lipinski definition) is 2. The van der Waals surface area contributed by atoms with Gasteiger partial charge in [0.05, 0.1) is 33.0 Å². The number of hydrogen-bond acceptors (Lipinski definition) is 8. The van der Waals surface area contributed by atoms with Crippen LogP contribution in [-0.2, 0) is 18.3 Å². The molecule has 34 heavy (non-hydrogen) atoms. The van der Waals surface area contributed by atoms with Crippen LogP contribution in [0.1, 0.15) is 0 Å². The Hall–Kier alpha value is -3.57. The zero-order chi connectivity index (χ0) is 24.2. The number of fused-ring (bicyclic) bond motifs is 1. The van der Waals surface area contributed by atoms with Crippen molar-refractivity contribution in [2.24, 2.45) is 7.05 Å². The van der Waals surface area contributed by atoms with E-state index in [0.29, 0.717) is 25.6 Å². The van der Waals surface area contributed by atoms with E-state index in [1.807, 2.05) is 24.3 Å². The van der Waals surface area contributed by atoms with E-state index in [0.717, 1.165) is 24.5 Å². The minimum atomic E-state index is -0.867. The van der Waals surface area contributed by atoms with Gasteiger partial charge in [-0.15, -0.1) is 6.58 Å². The Kier molecular flexibility index (Phi) is 7.03. The van der Waals surface area contributed by atoms with Crippen molar-refractivity contribution in [2.75, 3.05) is 56.3 Å². The Labute approximate surface area is 196 Å². The number of anilines is 2. The lowest BCUT2D eigenvalue weighted by Gasteiger charge is -2.37. The summed E-state index contributed by atoms with van der Waals surface area (Å²) in [6.45, 7) is 6.90. The third-order valence-corrected chi connectivity index (χ3v) is 5.93. The second-order valence-electron chi connectivity index (χ2n) is 8.16. The number of imidazole rings is 1. The molecule has 1 fully saturated rings. The average Bonchev–Trinajstić information content (AvgIpc) is 3.22. The van der Waals surface area contributed by atoms with E-state index < -0.39 is 17.4 Å². The van der Waals surface area contributed by atoms with Crippen LogP contribution in [0.2, 0.25) is 0 Å². The molecule has 0 unspecified atom stereocenters. The summed E-state index contributed by atoms with van der Waals surface area (Å²) in [5, 5.41) is 10.6. The first-order valence-electron chi connectivity index (χ1n) is 11.1. The van der Waals surface area contributed by atoms with Gasteiger partial charge in [0.15, 0.2) is 11.2 Å². The van der Waals surface area contributed by atoms with Crippen LogP contribution in [0, 0.1) is 0 Å². The average molecular weight is 471 g/mol. The second-order valence-corrected chi connectivity index (χ2v) is 8.16. The molecule has 1 aliphatic heterocycles. The van der Waals surface area contributed by atoms with Crippen molar-refractivity contribution in [3.05, 3.63) is 57.8 Å². The lowest BCUT2D eigenvalue weighted by atomic mass is 10.2. The van der Waals surface area contributed by atoms with Crippen LogP contribution in [0.4, 0.5) is 11.6 Å². The maximum absolute atomic E-state index is 12.7. The number of ether oxygens (including phenoxy) is 2. The number of aryl methyl sites for hydroxylation is 1. The maximum Gasteiger partial charge on any atom is 0.329 e. The second kappa shape index (κ2) is 10.1. The van der Waals surface area contributed by atoms with E-state index in [2.05, 4.69) is 26.3 Å². The quantitative estimate of drug-likeness (QED) is 0.339. The van der Waals surface area contributed by atoms with Gasteiger partial charge in [-0.25, -0.2) is 4.79 Å². The smallest absolute Gasteiger partial charge is 0.329 e. The molecule has 3 aromatic rings. The van der Waals surface area contributed by atoms with E-state index in [1.54, 1.807) is 24.8 Å². The highest BCUT2D eigenvalue weighted by Crippen LogP contribution is 2.24. The van der Waals surface area contributed by atoms with Crippen molar-refractivity contribution >= 4 is 22.8 Å². The van der Waals surface area contributed by atoms with Crippen molar-refractivity contribution in [1.82, 2.24) is 19.1 Å². The Balaban J connectivity index is 1.61. The van der Waals surface area contributed by atoms with Gasteiger partial charge in [0.2, 0.25) is 5.95 Å². The van der Waals surface area contributed by atoms with Gasteiger partial charge >= 0.3 is 5.69 Å². The zero-order valence-corrected chi connectivity index (χ0v) is 19.4. The van der Waals surface area contributed by atoms with E-state index in [-0.39, 0.29) is 24.3 Å². The molecule has 11 nitrogen and oxygen atoms in total. The number of benzene rings is 1. The van der Waals surface area contributed by atoms with Gasteiger partial charge in [0, 0.05) is 38.9 Å². The highest BCUT2D eigenvalue weighted by Gasteiger charge is 2.26. The Morgan fingerprint density at radius 1 is 1.18 bits per heavy atom. The Bertz CT molecular complexity index is 1250. The first-order valence-corrected chi connectivity index (χ1v) is 11.1. The molecule has 1 aliphatic rings. The SMILES string of the molecule is C=CCOC[C@@H](O)Cn1c(N2CCN(c3ccc(OC)cc3)CC2)nc2c1c(=O)[nH]c(=O)n2C. The van der Waals surface area contributed by atoms with Crippen LogP contribution in [0.25, 0.3) is 11.2 Å². The molecule has 1 atom stereocenters. The highest BCUT2D eigenvalue weighted by atomic mass is 16.5. The van der Waals surface area contributed by atoms with E-state index in [9.17, 15) is 14.7 Å². The zero-order valence-electron chi connectivity index (χ0n) is 19.4. The molecule has 182 valence electrons. The van der Waals surface area contributed by atoms with Crippen LogP contribution in [0.3, 0.4) is 0 Å². The number of aliphatic hydroxyl groups is 1. The number of rotatable bonds is 9. The Morgan fingerprint density at radius 2 is 1.85 bits per heavy atom. The number of piperazine rings is 1. The Morgan fingerprint density at radius 3 is 2.50 bits per heavy atom. The van der Waals surface area contributed by atoms with Crippen LogP contribution in [0.5, 0.6) is 5.75 Å². The van der Waals surface area contributed by atoms with E-state index >= 15 is 0 Å². The van der Waals surface area contributed by atoms with Gasteiger partial charge in [0.25, 0.3) is 5.56 Å². The molecule has 0 amide bonds. The van der Waals surface area contributed by atoms with Crippen LogP contribution >= 0.6 is 0 Å². The van der Waals surface area contributed by atoms with Crippen molar-refractivity contribution in [3.63, 3.8) is 0 Å². The molecule has 4 rings (SSSR count). The van der Waals surface area contributed by atoms with Crippen LogP contribution < -0.4 is 25.8 Å². The number of aliphatic hydroxyl groups excluding tert-OH is 1. The first-order chi connectivity index (χ1) is 16.4. The monoisotopic (exact) mass is 470 g/mol. The summed E-state index contributed by atoms with van der Waals surface area (Å²) >= 11 is 0. The van der Waals surface area contributed by atoms with Crippen molar-refractivity contribution < 1.29 is 14.6 Å². The number of aromatic amines is 1. The number of nitrogens with zero attached hydrogens (tertiary/aromatic N) is 5. The van der Waals surface area contributed by atoms with Crippen molar-refractivity contribution in [1.29, 1.82) is 0 Å². The summed E-state index contributed by atoms with van der Waals surface area (Å²) in [5.41, 5.74) is 0.557. The number of aromatic nitrogens is 4. The van der Waals surface area contributed by atoms with Gasteiger partial charge in [-0.05, 0) is 24.3 Å². The number of methoxy groups -OCH3 is 1. The predicted molar refractivity (Wildman–Crippen MR) is 130 cm³/mol.